The first-order valence-corrected chi connectivity index (χ1v) is 9.48. The largest absolute Gasteiger partial charge is 0.494 e. The highest BCUT2D eigenvalue weighted by atomic mass is 17.1. The van der Waals surface area contributed by atoms with Crippen LogP contribution in [0, 0.1) is 11.3 Å². The normalized spacial score (nSPS) is 11.6. The third kappa shape index (κ3) is 7.33. The van der Waals surface area contributed by atoms with Crippen LogP contribution in [0.4, 0.5) is 0 Å². The summed E-state index contributed by atoms with van der Waals surface area (Å²) in [6.07, 6.45) is 1.03. The van der Waals surface area contributed by atoms with Gasteiger partial charge in [0.25, 0.3) is 0 Å². The van der Waals surface area contributed by atoms with E-state index >= 15 is 0 Å². The second kappa shape index (κ2) is 12.7. The highest BCUT2D eigenvalue weighted by molar-refractivity contribution is 5.58. The van der Waals surface area contributed by atoms with Crippen LogP contribution in [-0.4, -0.2) is 38.8 Å². The third-order valence-corrected chi connectivity index (χ3v) is 4.33. The van der Waals surface area contributed by atoms with Crippen LogP contribution in [0.5, 0.6) is 0 Å². The van der Waals surface area contributed by atoms with Gasteiger partial charge in [-0.05, 0) is 29.7 Å². The molecule has 0 aromatic heterocycles. The van der Waals surface area contributed by atoms with Crippen molar-refractivity contribution in [3.05, 3.63) is 77.4 Å². The molecule has 0 aliphatic rings. The standard InChI is InChI=1S/C23H27NO5/c1-18(28-16-4-15-27-14-3-13-26-2)20-9-11-22(12-10-20)23(29-25)21-7-5-19(17-24)6-8-21/h5-12,23,25H,1,3-4,13-16H2,2H3. The molecule has 2 aromatic carbocycles. The Morgan fingerprint density at radius 2 is 1.55 bits per heavy atom. The van der Waals surface area contributed by atoms with E-state index in [1.165, 1.54) is 0 Å². The summed E-state index contributed by atoms with van der Waals surface area (Å²) in [5, 5.41) is 18.2. The number of hydrogen-bond acceptors (Lipinski definition) is 6. The second-order valence-electron chi connectivity index (χ2n) is 6.43. The van der Waals surface area contributed by atoms with E-state index in [9.17, 15) is 5.26 Å². The molecule has 0 aliphatic heterocycles. The van der Waals surface area contributed by atoms with Crippen LogP contribution in [0.25, 0.3) is 5.76 Å². The monoisotopic (exact) mass is 397 g/mol. The molecule has 6 nitrogen and oxygen atoms in total. The van der Waals surface area contributed by atoms with Crippen molar-refractivity contribution in [3.63, 3.8) is 0 Å². The quantitative estimate of drug-likeness (QED) is 0.231. The Morgan fingerprint density at radius 1 is 0.966 bits per heavy atom. The van der Waals surface area contributed by atoms with E-state index in [1.807, 2.05) is 24.3 Å². The Balaban J connectivity index is 1.83. The Bertz CT molecular complexity index is 780. The fraction of sp³-hybridized carbons (Fsp3) is 0.348. The lowest BCUT2D eigenvalue weighted by molar-refractivity contribution is -0.270. The SMILES string of the molecule is C=C(OCCCOCCCOC)c1ccc(C(OO)c2ccc(C#N)cc2)cc1. The predicted octanol–water partition coefficient (Wildman–Crippen LogP) is 4.57. The van der Waals surface area contributed by atoms with E-state index < -0.39 is 6.10 Å². The third-order valence-electron chi connectivity index (χ3n) is 4.33. The van der Waals surface area contributed by atoms with Crippen molar-refractivity contribution < 1.29 is 24.4 Å². The van der Waals surface area contributed by atoms with Crippen LogP contribution in [0.2, 0.25) is 0 Å². The minimum atomic E-state index is -0.638. The average Bonchev–Trinajstić information content (AvgIpc) is 2.77. The average molecular weight is 397 g/mol. The maximum atomic E-state index is 9.35. The smallest absolute Gasteiger partial charge is 0.143 e. The lowest BCUT2D eigenvalue weighted by Crippen LogP contribution is -2.05. The zero-order chi connectivity index (χ0) is 20.9. The molecule has 0 fully saturated rings. The molecule has 0 aliphatic carbocycles. The van der Waals surface area contributed by atoms with Crippen molar-refractivity contribution in [3.8, 4) is 6.07 Å². The first-order valence-electron chi connectivity index (χ1n) is 9.48. The Morgan fingerprint density at radius 3 is 2.10 bits per heavy atom. The molecule has 1 atom stereocenters. The molecule has 0 spiro atoms. The van der Waals surface area contributed by atoms with Gasteiger partial charge >= 0.3 is 0 Å². The van der Waals surface area contributed by atoms with Crippen LogP contribution in [0.15, 0.2) is 55.1 Å². The van der Waals surface area contributed by atoms with Gasteiger partial charge in [-0.25, -0.2) is 4.89 Å². The Kier molecular flexibility index (Phi) is 9.90. The predicted molar refractivity (Wildman–Crippen MR) is 110 cm³/mol. The van der Waals surface area contributed by atoms with Gasteiger partial charge in [0.15, 0.2) is 0 Å². The van der Waals surface area contributed by atoms with Gasteiger partial charge in [0.2, 0.25) is 0 Å². The number of nitriles is 1. The van der Waals surface area contributed by atoms with Crippen molar-refractivity contribution in [2.24, 2.45) is 0 Å². The highest BCUT2D eigenvalue weighted by Gasteiger charge is 2.15. The summed E-state index contributed by atoms with van der Waals surface area (Å²) >= 11 is 0. The van der Waals surface area contributed by atoms with Crippen LogP contribution in [0.3, 0.4) is 0 Å². The van der Waals surface area contributed by atoms with Crippen molar-refractivity contribution in [1.29, 1.82) is 5.26 Å². The topological polar surface area (TPSA) is 80.9 Å². The van der Waals surface area contributed by atoms with Crippen molar-refractivity contribution in [2.75, 3.05) is 33.5 Å². The van der Waals surface area contributed by atoms with Crippen LogP contribution in [0.1, 0.15) is 41.2 Å². The van der Waals surface area contributed by atoms with Gasteiger partial charge < -0.3 is 14.2 Å². The van der Waals surface area contributed by atoms with E-state index in [1.54, 1.807) is 31.4 Å². The molecule has 0 heterocycles. The number of rotatable bonds is 13. The summed E-state index contributed by atoms with van der Waals surface area (Å²) in [7, 11) is 1.68. The number of hydrogen-bond donors (Lipinski definition) is 1. The van der Waals surface area contributed by atoms with E-state index in [0.29, 0.717) is 37.8 Å². The van der Waals surface area contributed by atoms with Gasteiger partial charge in [0.1, 0.15) is 11.9 Å². The number of ether oxygens (including phenoxy) is 3. The summed E-state index contributed by atoms with van der Waals surface area (Å²) in [4.78, 5) is 4.66. The van der Waals surface area contributed by atoms with Crippen LogP contribution >= 0.6 is 0 Å². The zero-order valence-electron chi connectivity index (χ0n) is 16.7. The molecule has 29 heavy (non-hydrogen) atoms. The summed E-state index contributed by atoms with van der Waals surface area (Å²) in [5.74, 6) is 0.579. The van der Waals surface area contributed by atoms with Gasteiger partial charge in [-0.3, -0.25) is 5.26 Å². The molecule has 1 N–H and O–H groups in total. The lowest BCUT2D eigenvalue weighted by Gasteiger charge is -2.15. The van der Waals surface area contributed by atoms with Crippen molar-refractivity contribution in [1.82, 2.24) is 0 Å². The van der Waals surface area contributed by atoms with Crippen LogP contribution < -0.4 is 0 Å². The molecule has 2 aromatic rings. The molecule has 0 saturated carbocycles. The molecule has 6 heteroatoms. The van der Waals surface area contributed by atoms with E-state index in [4.69, 9.17) is 19.5 Å². The van der Waals surface area contributed by atoms with Crippen molar-refractivity contribution in [2.45, 2.75) is 18.9 Å². The minimum Gasteiger partial charge on any atom is -0.494 e. The minimum absolute atomic E-state index is 0.526. The molecule has 0 amide bonds. The Hall–Kier alpha value is -2.69. The van der Waals surface area contributed by atoms with E-state index in [0.717, 1.165) is 29.5 Å². The van der Waals surface area contributed by atoms with Gasteiger partial charge in [-0.2, -0.15) is 5.26 Å². The second-order valence-corrected chi connectivity index (χ2v) is 6.43. The molecule has 2 rings (SSSR count). The van der Waals surface area contributed by atoms with E-state index in [2.05, 4.69) is 17.5 Å². The number of benzene rings is 2. The van der Waals surface area contributed by atoms with Gasteiger partial charge in [0.05, 0.1) is 18.2 Å². The first-order chi connectivity index (χ1) is 14.2. The first kappa shape index (κ1) is 22.6. The molecule has 0 radical (unpaired) electrons. The Labute approximate surface area is 171 Å². The fourth-order valence-electron chi connectivity index (χ4n) is 2.74. The van der Waals surface area contributed by atoms with Gasteiger partial charge in [0, 0.05) is 38.9 Å². The molecular weight excluding hydrogens is 370 g/mol. The molecule has 0 saturated heterocycles. The highest BCUT2D eigenvalue weighted by Crippen LogP contribution is 2.27. The summed E-state index contributed by atoms with van der Waals surface area (Å²) in [6.45, 7) is 6.51. The summed E-state index contributed by atoms with van der Waals surface area (Å²) in [6, 6.07) is 16.4. The molecular formula is C23H27NO5. The van der Waals surface area contributed by atoms with Gasteiger partial charge in [-0.15, -0.1) is 0 Å². The van der Waals surface area contributed by atoms with Crippen molar-refractivity contribution >= 4 is 5.76 Å². The van der Waals surface area contributed by atoms with E-state index in [-0.39, 0.29) is 0 Å². The zero-order valence-corrected chi connectivity index (χ0v) is 16.7. The molecule has 1 unspecified atom stereocenters. The van der Waals surface area contributed by atoms with Gasteiger partial charge in [-0.1, -0.05) is 43.0 Å². The summed E-state index contributed by atoms with van der Waals surface area (Å²) in [5.41, 5.74) is 2.93. The fourth-order valence-corrected chi connectivity index (χ4v) is 2.74. The maximum absolute atomic E-state index is 9.35. The number of methoxy groups -OCH3 is 1. The number of nitrogens with zero attached hydrogens (tertiary/aromatic N) is 1. The summed E-state index contributed by atoms with van der Waals surface area (Å²) < 4.78 is 16.1. The lowest BCUT2D eigenvalue weighted by atomic mass is 9.99. The molecule has 154 valence electrons. The van der Waals surface area contributed by atoms with Crippen LogP contribution in [-0.2, 0) is 19.1 Å². The molecule has 0 bridgehead atoms. The maximum Gasteiger partial charge on any atom is 0.143 e.